The normalized spacial score (nSPS) is 19.2. The first-order valence-electron chi connectivity index (χ1n) is 13.3. The minimum Gasteiger partial charge on any atom is -0.507 e. The molecule has 0 bridgehead atoms. The third-order valence-corrected chi connectivity index (χ3v) is 8.29. The number of hydrogen-bond donors (Lipinski definition) is 1. The smallest absolute Gasteiger partial charge is 0.128 e. The van der Waals surface area contributed by atoms with Crippen LogP contribution in [0.15, 0.2) is 77.8 Å². The van der Waals surface area contributed by atoms with E-state index in [0.717, 1.165) is 17.5 Å². The standard InChI is InChI=1S/C33H42N2O/c1-32(2,25-15-9-7-10-16-25)27-21-24(23-34-29-19-13-14-20-30(29)35(5)6)31(36)28(22-27)33(3,4)26-17-11-8-12-18-26/h7-12,15-18,21-23,29-30,36H,13-14,19-20H2,1-6H3/t29-,30-/m0/s1. The fourth-order valence-electron chi connectivity index (χ4n) is 5.67. The summed E-state index contributed by atoms with van der Waals surface area (Å²) >= 11 is 0. The molecule has 0 spiro atoms. The van der Waals surface area contributed by atoms with Gasteiger partial charge in [0, 0.05) is 34.2 Å². The summed E-state index contributed by atoms with van der Waals surface area (Å²) in [4.78, 5) is 7.39. The lowest BCUT2D eigenvalue weighted by atomic mass is 9.72. The number of phenols is 1. The fourth-order valence-corrected chi connectivity index (χ4v) is 5.67. The van der Waals surface area contributed by atoms with Gasteiger partial charge in [-0.1, -0.05) is 107 Å². The maximum absolute atomic E-state index is 11.6. The van der Waals surface area contributed by atoms with E-state index in [1.165, 1.54) is 36.0 Å². The van der Waals surface area contributed by atoms with Crippen LogP contribution in [0.5, 0.6) is 5.75 Å². The van der Waals surface area contributed by atoms with Crippen LogP contribution < -0.4 is 0 Å². The van der Waals surface area contributed by atoms with Gasteiger partial charge in [-0.25, -0.2) is 0 Å². The molecule has 3 nitrogen and oxygen atoms in total. The Hall–Kier alpha value is -2.91. The fraction of sp³-hybridized carbons (Fsp3) is 0.424. The number of aromatic hydroxyl groups is 1. The maximum atomic E-state index is 11.6. The molecule has 0 heterocycles. The van der Waals surface area contributed by atoms with E-state index in [9.17, 15) is 5.11 Å². The van der Waals surface area contributed by atoms with Crippen molar-refractivity contribution in [3.63, 3.8) is 0 Å². The van der Waals surface area contributed by atoms with Gasteiger partial charge in [0.25, 0.3) is 0 Å². The number of aliphatic imine (C=N–C) groups is 1. The van der Waals surface area contributed by atoms with Crippen LogP contribution >= 0.6 is 0 Å². The maximum Gasteiger partial charge on any atom is 0.128 e. The van der Waals surface area contributed by atoms with Gasteiger partial charge in [0.15, 0.2) is 0 Å². The Bertz CT molecular complexity index is 1180. The molecular formula is C33H42N2O. The second kappa shape index (κ2) is 10.6. The zero-order chi connectivity index (χ0) is 25.9. The van der Waals surface area contributed by atoms with Crippen molar-refractivity contribution in [1.29, 1.82) is 0 Å². The molecule has 36 heavy (non-hydrogen) atoms. The first kappa shape index (κ1) is 26.2. The number of hydrogen-bond acceptors (Lipinski definition) is 3. The van der Waals surface area contributed by atoms with Crippen LogP contribution in [0.1, 0.15) is 81.2 Å². The first-order valence-corrected chi connectivity index (χ1v) is 13.3. The van der Waals surface area contributed by atoms with Crippen LogP contribution in [0.3, 0.4) is 0 Å². The van der Waals surface area contributed by atoms with Crippen molar-refractivity contribution >= 4 is 6.21 Å². The van der Waals surface area contributed by atoms with E-state index < -0.39 is 0 Å². The molecule has 4 rings (SSSR count). The van der Waals surface area contributed by atoms with Gasteiger partial charge in [-0.15, -0.1) is 0 Å². The Kier molecular flexibility index (Phi) is 7.70. The van der Waals surface area contributed by atoms with Crippen LogP contribution in [0, 0.1) is 0 Å². The Labute approximate surface area is 217 Å². The highest BCUT2D eigenvalue weighted by atomic mass is 16.3. The third kappa shape index (κ3) is 5.27. The molecule has 0 radical (unpaired) electrons. The van der Waals surface area contributed by atoms with Gasteiger partial charge in [-0.3, -0.25) is 4.99 Å². The summed E-state index contributed by atoms with van der Waals surface area (Å²) in [5.41, 5.74) is 4.76. The Balaban J connectivity index is 1.85. The van der Waals surface area contributed by atoms with Crippen molar-refractivity contribution in [1.82, 2.24) is 4.90 Å². The Morgan fingerprint density at radius 1 is 0.778 bits per heavy atom. The summed E-state index contributed by atoms with van der Waals surface area (Å²) in [6, 6.07) is 26.1. The number of benzene rings is 3. The van der Waals surface area contributed by atoms with Crippen molar-refractivity contribution in [2.24, 2.45) is 4.99 Å². The van der Waals surface area contributed by atoms with Crippen LogP contribution in [-0.2, 0) is 10.8 Å². The predicted octanol–water partition coefficient (Wildman–Crippen LogP) is 7.34. The van der Waals surface area contributed by atoms with Crippen molar-refractivity contribution in [2.75, 3.05) is 14.1 Å². The van der Waals surface area contributed by atoms with Crippen molar-refractivity contribution in [3.05, 3.63) is 101 Å². The molecule has 0 amide bonds. The lowest BCUT2D eigenvalue weighted by Crippen LogP contribution is -2.40. The molecule has 2 atom stereocenters. The predicted molar refractivity (Wildman–Crippen MR) is 153 cm³/mol. The lowest BCUT2D eigenvalue weighted by molar-refractivity contribution is 0.203. The highest BCUT2D eigenvalue weighted by Crippen LogP contribution is 2.42. The largest absolute Gasteiger partial charge is 0.507 e. The average Bonchev–Trinajstić information content (AvgIpc) is 2.89. The molecule has 0 unspecified atom stereocenters. The van der Waals surface area contributed by atoms with Crippen LogP contribution in [0.2, 0.25) is 0 Å². The Morgan fingerprint density at radius 2 is 1.33 bits per heavy atom. The molecule has 1 aliphatic rings. The summed E-state index contributed by atoms with van der Waals surface area (Å²) in [5.74, 6) is 0.331. The SMILES string of the molecule is CN(C)[C@H]1CCCC[C@@H]1N=Cc1cc(C(C)(C)c2ccccc2)cc(C(C)(C)c2ccccc2)c1O. The number of nitrogens with zero attached hydrogens (tertiary/aromatic N) is 2. The van der Waals surface area contributed by atoms with E-state index in [-0.39, 0.29) is 16.9 Å². The van der Waals surface area contributed by atoms with Gasteiger partial charge in [-0.2, -0.15) is 0 Å². The molecule has 0 aliphatic heterocycles. The summed E-state index contributed by atoms with van der Waals surface area (Å²) in [6.07, 6.45) is 6.69. The highest BCUT2D eigenvalue weighted by Gasteiger charge is 2.32. The lowest BCUT2D eigenvalue weighted by Gasteiger charge is -2.34. The molecular weight excluding hydrogens is 440 g/mol. The molecule has 1 aliphatic carbocycles. The van der Waals surface area contributed by atoms with E-state index in [2.05, 4.69) is 113 Å². The molecule has 1 fully saturated rings. The quantitative estimate of drug-likeness (QED) is 0.358. The van der Waals surface area contributed by atoms with Crippen molar-refractivity contribution in [3.8, 4) is 5.75 Å². The molecule has 3 heteroatoms. The second-order valence-corrected chi connectivity index (χ2v) is 11.6. The van der Waals surface area contributed by atoms with Gasteiger partial charge < -0.3 is 10.0 Å². The molecule has 1 N–H and O–H groups in total. The zero-order valence-electron chi connectivity index (χ0n) is 22.8. The molecule has 0 aromatic heterocycles. The van der Waals surface area contributed by atoms with Gasteiger partial charge in [0.1, 0.15) is 5.75 Å². The number of rotatable bonds is 7. The molecule has 1 saturated carbocycles. The van der Waals surface area contributed by atoms with Gasteiger partial charge in [0.05, 0.1) is 6.04 Å². The first-order chi connectivity index (χ1) is 17.1. The average molecular weight is 483 g/mol. The monoisotopic (exact) mass is 482 g/mol. The van der Waals surface area contributed by atoms with E-state index in [1.807, 2.05) is 12.3 Å². The van der Waals surface area contributed by atoms with E-state index in [4.69, 9.17) is 4.99 Å². The second-order valence-electron chi connectivity index (χ2n) is 11.6. The van der Waals surface area contributed by atoms with Crippen LogP contribution in [-0.4, -0.2) is 42.4 Å². The van der Waals surface area contributed by atoms with Crippen LogP contribution in [0.4, 0.5) is 0 Å². The van der Waals surface area contributed by atoms with E-state index in [0.29, 0.717) is 11.8 Å². The molecule has 3 aromatic rings. The van der Waals surface area contributed by atoms with Crippen molar-refractivity contribution < 1.29 is 5.11 Å². The third-order valence-electron chi connectivity index (χ3n) is 8.29. The minimum atomic E-state index is -0.367. The van der Waals surface area contributed by atoms with Gasteiger partial charge >= 0.3 is 0 Å². The van der Waals surface area contributed by atoms with E-state index >= 15 is 0 Å². The molecule has 0 saturated heterocycles. The summed E-state index contributed by atoms with van der Waals surface area (Å²) in [5, 5.41) is 11.6. The van der Waals surface area contributed by atoms with Crippen molar-refractivity contribution in [2.45, 2.75) is 76.3 Å². The number of likely N-dealkylation sites (N-methyl/N-ethyl adjacent to an activating group) is 1. The summed E-state index contributed by atoms with van der Waals surface area (Å²) in [6.45, 7) is 8.91. The Morgan fingerprint density at radius 3 is 1.92 bits per heavy atom. The molecule has 190 valence electrons. The van der Waals surface area contributed by atoms with Gasteiger partial charge in [-0.05, 0) is 49.7 Å². The molecule has 3 aromatic carbocycles. The van der Waals surface area contributed by atoms with E-state index in [1.54, 1.807) is 0 Å². The zero-order valence-corrected chi connectivity index (χ0v) is 22.8. The summed E-state index contributed by atoms with van der Waals surface area (Å²) < 4.78 is 0. The summed E-state index contributed by atoms with van der Waals surface area (Å²) in [7, 11) is 4.30. The topological polar surface area (TPSA) is 35.8 Å². The van der Waals surface area contributed by atoms with Crippen LogP contribution in [0.25, 0.3) is 0 Å². The van der Waals surface area contributed by atoms with Gasteiger partial charge in [0.2, 0.25) is 0 Å². The minimum absolute atomic E-state index is 0.226. The highest BCUT2D eigenvalue weighted by molar-refractivity contribution is 5.85. The number of phenolic OH excluding ortho intramolecular Hbond substituents is 1.